The molecule has 30 heavy (non-hydrogen) atoms. The van der Waals surface area contributed by atoms with Crippen LogP contribution in [0.15, 0.2) is 48.5 Å². The Morgan fingerprint density at radius 3 is 2.40 bits per heavy atom. The zero-order chi connectivity index (χ0) is 21.3. The van der Waals surface area contributed by atoms with Gasteiger partial charge in [-0.25, -0.2) is 0 Å². The first kappa shape index (κ1) is 22.7. The van der Waals surface area contributed by atoms with E-state index in [9.17, 15) is 4.79 Å². The summed E-state index contributed by atoms with van der Waals surface area (Å²) in [6.07, 6.45) is 11.1. The summed E-state index contributed by atoms with van der Waals surface area (Å²) in [6, 6.07) is 16.9. The fourth-order valence-electron chi connectivity index (χ4n) is 4.94. The van der Waals surface area contributed by atoms with Crippen LogP contribution in [0.1, 0.15) is 74.2 Å². The molecule has 2 aromatic carbocycles. The number of benzene rings is 2. The van der Waals surface area contributed by atoms with E-state index >= 15 is 0 Å². The molecule has 0 heterocycles. The first-order valence-corrected chi connectivity index (χ1v) is 11.9. The highest BCUT2D eigenvalue weighted by atomic mass is 16.1. The normalized spacial score (nSPS) is 16.0. The van der Waals surface area contributed by atoms with Crippen molar-refractivity contribution >= 4 is 5.78 Å². The predicted octanol–water partition coefficient (Wildman–Crippen LogP) is 7.03. The largest absolute Gasteiger partial charge is 0.309 e. The summed E-state index contributed by atoms with van der Waals surface area (Å²) in [4.78, 5) is 15.4. The third-order valence-corrected chi connectivity index (χ3v) is 6.66. The Kier molecular flexibility index (Phi) is 8.69. The maximum atomic E-state index is 13.2. The lowest BCUT2D eigenvalue weighted by molar-refractivity contribution is 0.0947. The van der Waals surface area contributed by atoms with E-state index in [1.807, 2.05) is 12.1 Å². The third-order valence-electron chi connectivity index (χ3n) is 6.66. The van der Waals surface area contributed by atoms with Crippen molar-refractivity contribution in [1.29, 1.82) is 0 Å². The van der Waals surface area contributed by atoms with Gasteiger partial charge in [-0.05, 0) is 61.5 Å². The Balaban J connectivity index is 1.66. The number of hydrogen-bond donors (Lipinski definition) is 0. The summed E-state index contributed by atoms with van der Waals surface area (Å²) < 4.78 is 0. The molecule has 1 aliphatic carbocycles. The van der Waals surface area contributed by atoms with Gasteiger partial charge in [-0.3, -0.25) is 4.79 Å². The third kappa shape index (κ3) is 6.80. The average Bonchev–Trinajstić information content (AvgIpc) is 2.78. The van der Waals surface area contributed by atoms with Gasteiger partial charge in [-0.15, -0.1) is 0 Å². The van der Waals surface area contributed by atoms with E-state index in [4.69, 9.17) is 0 Å². The number of rotatable bonds is 10. The van der Waals surface area contributed by atoms with Crippen molar-refractivity contribution < 1.29 is 4.79 Å². The van der Waals surface area contributed by atoms with Gasteiger partial charge in [-0.2, -0.15) is 0 Å². The molecule has 162 valence electrons. The highest BCUT2D eigenvalue weighted by molar-refractivity contribution is 5.97. The van der Waals surface area contributed by atoms with Crippen LogP contribution < -0.4 is 0 Å². The number of Topliss-reactive ketones (excluding diaryl/α,β-unsaturated/α-hetero) is 1. The molecule has 0 radical (unpaired) electrons. The fraction of sp³-hybridized carbons (Fsp3) is 0.536. The topological polar surface area (TPSA) is 20.3 Å². The van der Waals surface area contributed by atoms with E-state index in [1.165, 1.54) is 56.1 Å². The van der Waals surface area contributed by atoms with Crippen LogP contribution in [0.25, 0.3) is 11.1 Å². The molecule has 1 aliphatic rings. The molecule has 2 heteroatoms. The molecule has 0 aromatic heterocycles. The molecule has 0 bridgehead atoms. The summed E-state index contributed by atoms with van der Waals surface area (Å²) >= 11 is 0. The van der Waals surface area contributed by atoms with Gasteiger partial charge in [0.05, 0.1) is 0 Å². The Morgan fingerprint density at radius 2 is 1.70 bits per heavy atom. The molecule has 0 spiro atoms. The Hall–Kier alpha value is -1.93. The van der Waals surface area contributed by atoms with E-state index in [0.717, 1.165) is 30.0 Å². The maximum absolute atomic E-state index is 13.2. The second kappa shape index (κ2) is 11.5. The van der Waals surface area contributed by atoms with Crippen LogP contribution in [-0.2, 0) is 6.42 Å². The predicted molar refractivity (Wildman–Crippen MR) is 128 cm³/mol. The molecule has 0 N–H and O–H groups in total. The van der Waals surface area contributed by atoms with Crippen LogP contribution in [-0.4, -0.2) is 31.3 Å². The molecule has 1 saturated carbocycles. The smallest absolute Gasteiger partial charge is 0.163 e. The van der Waals surface area contributed by atoms with Gasteiger partial charge in [0.2, 0.25) is 0 Å². The summed E-state index contributed by atoms with van der Waals surface area (Å²) in [6.45, 7) is 3.17. The second-order valence-corrected chi connectivity index (χ2v) is 9.47. The van der Waals surface area contributed by atoms with Gasteiger partial charge in [-0.1, -0.05) is 87.9 Å². The first-order chi connectivity index (χ1) is 14.5. The Morgan fingerprint density at radius 1 is 1.00 bits per heavy atom. The van der Waals surface area contributed by atoms with Crippen LogP contribution in [0.2, 0.25) is 0 Å². The van der Waals surface area contributed by atoms with Crippen LogP contribution in [0.5, 0.6) is 0 Å². The van der Waals surface area contributed by atoms with E-state index in [2.05, 4.69) is 62.3 Å². The zero-order valence-electron chi connectivity index (χ0n) is 19.2. The van der Waals surface area contributed by atoms with Crippen molar-refractivity contribution in [2.75, 3.05) is 20.6 Å². The van der Waals surface area contributed by atoms with E-state index in [-0.39, 0.29) is 0 Å². The average molecular weight is 406 g/mol. The lowest BCUT2D eigenvalue weighted by Crippen LogP contribution is -2.24. The van der Waals surface area contributed by atoms with E-state index < -0.39 is 0 Å². The molecule has 0 amide bonds. The van der Waals surface area contributed by atoms with Crippen LogP contribution in [0.3, 0.4) is 0 Å². The van der Waals surface area contributed by atoms with Crippen LogP contribution >= 0.6 is 0 Å². The number of carbonyl (C=O) groups is 1. The standard InChI is InChI=1S/C28H39NO/c1-4-22-12-8-13-25(18-22)26-14-9-15-27(20-26)28(30)19-24(21-29(2)3)17-16-23-10-6-5-7-11-23/h8-9,12-15,18,20,23-24H,4-7,10-11,16-17,19,21H2,1-3H3. The summed E-state index contributed by atoms with van der Waals surface area (Å²) in [5, 5.41) is 0. The number of carbonyl (C=O) groups excluding carboxylic acids is 1. The molecular weight excluding hydrogens is 366 g/mol. The van der Waals surface area contributed by atoms with Gasteiger partial charge in [0.15, 0.2) is 5.78 Å². The Labute approximate surface area is 183 Å². The second-order valence-electron chi connectivity index (χ2n) is 9.47. The Bertz CT molecular complexity index is 804. The van der Waals surface area contributed by atoms with Crippen LogP contribution in [0.4, 0.5) is 0 Å². The molecule has 2 nitrogen and oxygen atoms in total. The monoisotopic (exact) mass is 405 g/mol. The van der Waals surface area contributed by atoms with Crippen molar-refractivity contribution in [3.05, 3.63) is 59.7 Å². The molecular formula is C28H39NO. The minimum absolute atomic E-state index is 0.291. The highest BCUT2D eigenvalue weighted by Gasteiger charge is 2.20. The lowest BCUT2D eigenvalue weighted by atomic mass is 9.83. The van der Waals surface area contributed by atoms with Crippen molar-refractivity contribution in [2.45, 2.75) is 64.7 Å². The number of ketones is 1. The number of aryl methyl sites for hydroxylation is 1. The summed E-state index contributed by atoms with van der Waals surface area (Å²) in [5.74, 6) is 1.62. The number of hydrogen-bond acceptors (Lipinski definition) is 2. The molecule has 0 saturated heterocycles. The highest BCUT2D eigenvalue weighted by Crippen LogP contribution is 2.30. The van der Waals surface area contributed by atoms with Gasteiger partial charge in [0, 0.05) is 18.5 Å². The molecule has 1 atom stereocenters. The zero-order valence-corrected chi connectivity index (χ0v) is 19.2. The number of nitrogens with zero attached hydrogens (tertiary/aromatic N) is 1. The quantitative estimate of drug-likeness (QED) is 0.396. The minimum atomic E-state index is 0.291. The molecule has 0 aliphatic heterocycles. The molecule has 1 fully saturated rings. The van der Waals surface area contributed by atoms with Crippen LogP contribution in [0, 0.1) is 11.8 Å². The maximum Gasteiger partial charge on any atom is 0.163 e. The van der Waals surface area contributed by atoms with Gasteiger partial charge in [0.25, 0.3) is 0 Å². The van der Waals surface area contributed by atoms with Crippen molar-refractivity contribution in [1.82, 2.24) is 4.90 Å². The molecule has 2 aromatic rings. The summed E-state index contributed by atoms with van der Waals surface area (Å²) in [5.41, 5.74) is 4.53. The SMILES string of the molecule is CCc1cccc(-c2cccc(C(=O)CC(CCC3CCCCC3)CN(C)C)c2)c1. The van der Waals surface area contributed by atoms with Crippen molar-refractivity contribution in [3.8, 4) is 11.1 Å². The van der Waals surface area contributed by atoms with Gasteiger partial charge in [0.1, 0.15) is 0 Å². The molecule has 3 rings (SSSR count). The van der Waals surface area contributed by atoms with Crippen molar-refractivity contribution in [3.63, 3.8) is 0 Å². The summed E-state index contributed by atoms with van der Waals surface area (Å²) in [7, 11) is 4.25. The fourth-order valence-corrected chi connectivity index (χ4v) is 4.94. The molecule has 1 unspecified atom stereocenters. The van der Waals surface area contributed by atoms with Gasteiger partial charge < -0.3 is 4.90 Å². The lowest BCUT2D eigenvalue weighted by Gasteiger charge is -2.25. The van der Waals surface area contributed by atoms with Gasteiger partial charge >= 0.3 is 0 Å². The van der Waals surface area contributed by atoms with Crippen molar-refractivity contribution in [2.24, 2.45) is 11.8 Å². The van der Waals surface area contributed by atoms with E-state index in [0.29, 0.717) is 18.1 Å². The first-order valence-electron chi connectivity index (χ1n) is 11.9. The minimum Gasteiger partial charge on any atom is -0.309 e. The van der Waals surface area contributed by atoms with E-state index in [1.54, 1.807) is 0 Å².